The molecule has 0 aliphatic heterocycles. The van der Waals surface area contributed by atoms with Crippen LogP contribution in [0.1, 0.15) is 38.5 Å². The Morgan fingerprint density at radius 2 is 1.96 bits per heavy atom. The van der Waals surface area contributed by atoms with Crippen LogP contribution in [0.4, 0.5) is 0 Å². The first-order chi connectivity index (χ1) is 13.8. The van der Waals surface area contributed by atoms with Gasteiger partial charge >= 0.3 is 0 Å². The molecule has 1 amide bonds. The number of carbonyl (C=O) groups excluding carboxylic acids is 1. The summed E-state index contributed by atoms with van der Waals surface area (Å²) in [5, 5.41) is 12.9. The van der Waals surface area contributed by atoms with Crippen LogP contribution >= 0.6 is 0 Å². The zero-order valence-corrected chi connectivity index (χ0v) is 16.4. The van der Waals surface area contributed by atoms with Crippen LogP contribution in [0.5, 0.6) is 0 Å². The van der Waals surface area contributed by atoms with Crippen LogP contribution in [-0.4, -0.2) is 40.3 Å². The number of rotatable bonds is 8. The lowest BCUT2D eigenvalue weighted by molar-refractivity contribution is -0.121. The van der Waals surface area contributed by atoms with Gasteiger partial charge in [0.1, 0.15) is 6.54 Å². The molecule has 0 radical (unpaired) electrons. The average Bonchev–Trinajstić information content (AvgIpc) is 3.11. The van der Waals surface area contributed by atoms with Crippen molar-refractivity contribution in [3.63, 3.8) is 0 Å². The zero-order valence-electron chi connectivity index (χ0n) is 16.4. The third kappa shape index (κ3) is 4.68. The van der Waals surface area contributed by atoms with E-state index in [0.717, 1.165) is 47.4 Å². The summed E-state index contributed by atoms with van der Waals surface area (Å²) in [5.41, 5.74) is 1.67. The van der Waals surface area contributed by atoms with Crippen LogP contribution in [0.15, 0.2) is 36.5 Å². The Bertz CT molecular complexity index is 929. The minimum Gasteiger partial charge on any atom is -0.354 e. The predicted octanol–water partition coefficient (Wildman–Crippen LogP) is 3.26. The molecule has 2 heterocycles. The van der Waals surface area contributed by atoms with Crippen LogP contribution in [0.3, 0.4) is 0 Å². The number of hydrogen-bond acceptors (Lipinski definition) is 4. The first kappa shape index (κ1) is 18.9. The Balaban J connectivity index is 1.22. The van der Waals surface area contributed by atoms with E-state index in [9.17, 15) is 4.79 Å². The lowest BCUT2D eigenvalue weighted by Crippen LogP contribution is -2.31. The minimum atomic E-state index is -0.0211. The van der Waals surface area contributed by atoms with Gasteiger partial charge in [-0.1, -0.05) is 37.5 Å². The number of nitrogens with zero attached hydrogens (tertiary/aromatic N) is 3. The molecule has 6 nitrogen and oxygen atoms in total. The Hall–Kier alpha value is -2.47. The highest BCUT2D eigenvalue weighted by molar-refractivity contribution is 5.91. The SMILES string of the molecule is O=C(Cn1ncc2cc3ccccc3nc21)NCCCNCC1CCCCC1. The molecule has 1 aliphatic rings. The lowest BCUT2D eigenvalue weighted by atomic mass is 9.89. The Morgan fingerprint density at radius 3 is 2.86 bits per heavy atom. The van der Waals surface area contributed by atoms with Crippen molar-refractivity contribution in [1.82, 2.24) is 25.4 Å². The standard InChI is InChI=1S/C22H29N5O/c28-21(24-12-6-11-23-14-17-7-2-1-3-8-17)16-27-22-19(15-25-27)13-18-9-4-5-10-20(18)26-22/h4-5,9-10,13,15,17,23H,1-3,6-8,11-12,14,16H2,(H,24,28). The van der Waals surface area contributed by atoms with Crippen molar-refractivity contribution in [3.05, 3.63) is 36.5 Å². The van der Waals surface area contributed by atoms with Crippen molar-refractivity contribution in [2.45, 2.75) is 45.1 Å². The molecule has 0 unspecified atom stereocenters. The molecular weight excluding hydrogens is 350 g/mol. The molecule has 28 heavy (non-hydrogen) atoms. The molecule has 1 saturated carbocycles. The molecule has 2 aromatic heterocycles. The van der Waals surface area contributed by atoms with E-state index in [4.69, 9.17) is 0 Å². The van der Waals surface area contributed by atoms with Crippen molar-refractivity contribution in [2.75, 3.05) is 19.6 Å². The maximum Gasteiger partial charge on any atom is 0.241 e. The highest BCUT2D eigenvalue weighted by Crippen LogP contribution is 2.22. The highest BCUT2D eigenvalue weighted by Gasteiger charge is 2.12. The van der Waals surface area contributed by atoms with E-state index in [1.807, 2.05) is 24.3 Å². The summed E-state index contributed by atoms with van der Waals surface area (Å²) in [4.78, 5) is 16.9. The van der Waals surface area contributed by atoms with Crippen molar-refractivity contribution < 1.29 is 4.79 Å². The monoisotopic (exact) mass is 379 g/mol. The zero-order chi connectivity index (χ0) is 19.2. The first-order valence-corrected chi connectivity index (χ1v) is 10.5. The van der Waals surface area contributed by atoms with E-state index >= 15 is 0 Å². The molecule has 0 spiro atoms. The van der Waals surface area contributed by atoms with Gasteiger partial charge in [-0.3, -0.25) is 4.79 Å². The van der Waals surface area contributed by atoms with Gasteiger partial charge < -0.3 is 10.6 Å². The first-order valence-electron chi connectivity index (χ1n) is 10.5. The van der Waals surface area contributed by atoms with Gasteiger partial charge in [-0.15, -0.1) is 0 Å². The van der Waals surface area contributed by atoms with E-state index in [1.54, 1.807) is 10.9 Å². The summed E-state index contributed by atoms with van der Waals surface area (Å²) in [6.45, 7) is 2.96. The van der Waals surface area contributed by atoms with Gasteiger partial charge in [-0.2, -0.15) is 5.10 Å². The molecule has 1 fully saturated rings. The van der Waals surface area contributed by atoms with Gasteiger partial charge in [-0.25, -0.2) is 9.67 Å². The number of benzene rings is 1. The van der Waals surface area contributed by atoms with Gasteiger partial charge in [0.2, 0.25) is 5.91 Å². The number of fused-ring (bicyclic) bond motifs is 2. The average molecular weight is 380 g/mol. The second-order valence-corrected chi connectivity index (χ2v) is 7.81. The number of carbonyl (C=O) groups is 1. The molecule has 4 rings (SSSR count). The quantitative estimate of drug-likeness (QED) is 0.589. The van der Waals surface area contributed by atoms with Gasteiger partial charge in [0.15, 0.2) is 5.65 Å². The van der Waals surface area contributed by atoms with Crippen LogP contribution in [0.2, 0.25) is 0 Å². The van der Waals surface area contributed by atoms with Gasteiger partial charge in [0, 0.05) is 17.3 Å². The van der Waals surface area contributed by atoms with Gasteiger partial charge in [0.05, 0.1) is 11.7 Å². The molecule has 1 aromatic carbocycles. The summed E-state index contributed by atoms with van der Waals surface area (Å²) in [6, 6.07) is 10.0. The summed E-state index contributed by atoms with van der Waals surface area (Å²) in [6.07, 6.45) is 9.62. The second-order valence-electron chi connectivity index (χ2n) is 7.81. The smallest absolute Gasteiger partial charge is 0.241 e. The van der Waals surface area contributed by atoms with Gasteiger partial charge in [-0.05, 0) is 50.4 Å². The normalized spacial score (nSPS) is 15.3. The molecule has 0 bridgehead atoms. The Morgan fingerprint density at radius 1 is 1.11 bits per heavy atom. The maximum absolute atomic E-state index is 12.3. The van der Waals surface area contributed by atoms with Crippen molar-refractivity contribution in [1.29, 1.82) is 0 Å². The fraction of sp³-hybridized carbons (Fsp3) is 0.500. The number of hydrogen-bond donors (Lipinski definition) is 2. The fourth-order valence-corrected chi connectivity index (χ4v) is 4.06. The van der Waals surface area contributed by atoms with Crippen molar-refractivity contribution in [2.24, 2.45) is 5.92 Å². The van der Waals surface area contributed by atoms with Crippen LogP contribution in [-0.2, 0) is 11.3 Å². The maximum atomic E-state index is 12.3. The summed E-state index contributed by atoms with van der Waals surface area (Å²) in [7, 11) is 0. The number of pyridine rings is 1. The van der Waals surface area contributed by atoms with E-state index in [0.29, 0.717) is 6.54 Å². The second kappa shape index (κ2) is 9.15. The fourth-order valence-electron chi connectivity index (χ4n) is 4.06. The number of para-hydroxylation sites is 1. The van der Waals surface area contributed by atoms with Crippen molar-refractivity contribution >= 4 is 27.8 Å². The minimum absolute atomic E-state index is 0.0211. The van der Waals surface area contributed by atoms with Crippen LogP contribution < -0.4 is 10.6 Å². The number of aromatic nitrogens is 3. The molecule has 2 N–H and O–H groups in total. The van der Waals surface area contributed by atoms with E-state index in [2.05, 4.69) is 26.8 Å². The topological polar surface area (TPSA) is 71.8 Å². The molecule has 6 heteroatoms. The van der Waals surface area contributed by atoms with Gasteiger partial charge in [0.25, 0.3) is 0 Å². The number of nitrogens with one attached hydrogen (secondary N) is 2. The van der Waals surface area contributed by atoms with Crippen molar-refractivity contribution in [3.8, 4) is 0 Å². The third-order valence-corrected chi connectivity index (χ3v) is 5.62. The molecule has 3 aromatic rings. The molecule has 0 saturated heterocycles. The van der Waals surface area contributed by atoms with E-state index in [-0.39, 0.29) is 12.5 Å². The summed E-state index contributed by atoms with van der Waals surface area (Å²) in [5.74, 6) is 0.826. The molecule has 1 aliphatic carbocycles. The third-order valence-electron chi connectivity index (χ3n) is 5.62. The number of amides is 1. The molecular formula is C22H29N5O. The summed E-state index contributed by atoms with van der Waals surface area (Å²) < 4.78 is 1.68. The lowest BCUT2D eigenvalue weighted by Gasteiger charge is -2.21. The van der Waals surface area contributed by atoms with Crippen LogP contribution in [0.25, 0.3) is 21.9 Å². The van der Waals surface area contributed by atoms with E-state index < -0.39 is 0 Å². The van der Waals surface area contributed by atoms with E-state index in [1.165, 1.54) is 32.1 Å². The predicted molar refractivity (Wildman–Crippen MR) is 112 cm³/mol. The summed E-state index contributed by atoms with van der Waals surface area (Å²) >= 11 is 0. The molecule has 0 atom stereocenters. The van der Waals surface area contributed by atoms with Crippen LogP contribution in [0, 0.1) is 5.92 Å². The highest BCUT2D eigenvalue weighted by atomic mass is 16.2. The largest absolute Gasteiger partial charge is 0.354 e. The Labute approximate surface area is 165 Å². The Kier molecular flexibility index (Phi) is 6.17. The molecule has 148 valence electrons.